The minimum absolute atomic E-state index is 0.594. The van der Waals surface area contributed by atoms with E-state index in [1.54, 1.807) is 0 Å². The van der Waals surface area contributed by atoms with Crippen molar-refractivity contribution in [3.63, 3.8) is 0 Å². The summed E-state index contributed by atoms with van der Waals surface area (Å²) in [6, 6.07) is 14.3. The van der Waals surface area contributed by atoms with Gasteiger partial charge in [0.1, 0.15) is 5.65 Å². The Morgan fingerprint density at radius 3 is 2.79 bits per heavy atom. The first-order valence-electron chi connectivity index (χ1n) is 9.83. The summed E-state index contributed by atoms with van der Waals surface area (Å²) in [5.41, 5.74) is 4.46. The monoisotopic (exact) mass is 379 g/mol. The largest absolute Gasteiger partial charge is 0.375 e. The first-order valence-corrected chi connectivity index (χ1v) is 9.83. The third kappa shape index (κ3) is 5.82. The second-order valence-electron chi connectivity index (χ2n) is 6.63. The van der Waals surface area contributed by atoms with Crippen LogP contribution in [0.2, 0.25) is 0 Å². The van der Waals surface area contributed by atoms with Crippen molar-refractivity contribution in [3.05, 3.63) is 71.7 Å². The van der Waals surface area contributed by atoms with Crippen molar-refractivity contribution in [1.82, 2.24) is 20.0 Å². The van der Waals surface area contributed by atoms with Gasteiger partial charge in [-0.2, -0.15) is 0 Å². The average Bonchev–Trinajstić information content (AvgIpc) is 3.13. The molecule has 0 unspecified atom stereocenters. The molecule has 0 saturated carbocycles. The molecular formula is C22H29N5O. The second kappa shape index (κ2) is 10.5. The van der Waals surface area contributed by atoms with Crippen LogP contribution in [-0.2, 0) is 17.8 Å². The number of fused-ring (bicyclic) bond motifs is 1. The van der Waals surface area contributed by atoms with Crippen molar-refractivity contribution in [2.45, 2.75) is 26.9 Å². The lowest BCUT2D eigenvalue weighted by atomic mass is 10.2. The molecule has 0 aliphatic carbocycles. The molecule has 0 fully saturated rings. The van der Waals surface area contributed by atoms with Crippen LogP contribution in [0, 0.1) is 6.92 Å². The quantitative estimate of drug-likeness (QED) is 0.341. The molecule has 0 saturated heterocycles. The van der Waals surface area contributed by atoms with Gasteiger partial charge in [-0.25, -0.2) is 4.98 Å². The van der Waals surface area contributed by atoms with Gasteiger partial charge >= 0.3 is 0 Å². The van der Waals surface area contributed by atoms with E-state index in [1.165, 1.54) is 11.1 Å². The molecule has 0 bridgehead atoms. The van der Waals surface area contributed by atoms with Crippen molar-refractivity contribution >= 4 is 11.6 Å². The Bertz CT molecular complexity index is 888. The number of hydrogen-bond donors (Lipinski definition) is 2. The van der Waals surface area contributed by atoms with E-state index in [1.807, 2.05) is 30.5 Å². The van der Waals surface area contributed by atoms with E-state index in [2.05, 4.69) is 58.3 Å². The Hall–Kier alpha value is -2.86. The van der Waals surface area contributed by atoms with Crippen molar-refractivity contribution < 1.29 is 4.74 Å². The normalized spacial score (nSPS) is 11.7. The minimum Gasteiger partial charge on any atom is -0.375 e. The number of imidazole rings is 1. The van der Waals surface area contributed by atoms with Gasteiger partial charge in [0.25, 0.3) is 0 Å². The zero-order valence-electron chi connectivity index (χ0n) is 16.7. The predicted molar refractivity (Wildman–Crippen MR) is 114 cm³/mol. The smallest absolute Gasteiger partial charge is 0.191 e. The van der Waals surface area contributed by atoms with Gasteiger partial charge in [0.05, 0.1) is 25.5 Å². The Labute approximate surface area is 166 Å². The van der Waals surface area contributed by atoms with Crippen LogP contribution in [0.25, 0.3) is 5.65 Å². The number of aromatic nitrogens is 2. The number of guanidine groups is 1. The Balaban J connectivity index is 1.43. The number of benzene rings is 1. The topological polar surface area (TPSA) is 63.0 Å². The highest BCUT2D eigenvalue weighted by Crippen LogP contribution is 2.10. The fraction of sp³-hybridized carbons (Fsp3) is 0.364. The summed E-state index contributed by atoms with van der Waals surface area (Å²) in [4.78, 5) is 9.29. The molecule has 0 atom stereocenters. The van der Waals surface area contributed by atoms with Gasteiger partial charge in [-0.3, -0.25) is 4.99 Å². The summed E-state index contributed by atoms with van der Waals surface area (Å²) in [6.45, 7) is 7.58. The van der Waals surface area contributed by atoms with Crippen LogP contribution < -0.4 is 10.6 Å². The molecule has 3 aromatic rings. The molecule has 2 aromatic heterocycles. The first-order chi connectivity index (χ1) is 13.8. The van der Waals surface area contributed by atoms with Crippen molar-refractivity contribution in [2.75, 3.05) is 26.2 Å². The Morgan fingerprint density at radius 1 is 1.14 bits per heavy atom. The van der Waals surface area contributed by atoms with Crippen LogP contribution in [0.5, 0.6) is 0 Å². The molecule has 2 N–H and O–H groups in total. The summed E-state index contributed by atoms with van der Waals surface area (Å²) >= 11 is 0. The first kappa shape index (κ1) is 19.9. The van der Waals surface area contributed by atoms with E-state index in [4.69, 9.17) is 9.72 Å². The van der Waals surface area contributed by atoms with Crippen LogP contribution in [0.3, 0.4) is 0 Å². The standard InChI is InChI=1S/C22H29N5O/c1-3-23-22(25-13-15-28-17-19-9-5-4-6-10-19)24-12-11-20-16-27-14-7-8-18(2)21(27)26-20/h4-10,14,16H,3,11-13,15,17H2,1-2H3,(H2,23,24,25). The highest BCUT2D eigenvalue weighted by molar-refractivity contribution is 5.79. The van der Waals surface area contributed by atoms with E-state index in [0.29, 0.717) is 19.8 Å². The summed E-state index contributed by atoms with van der Waals surface area (Å²) < 4.78 is 7.77. The number of pyridine rings is 1. The fourth-order valence-corrected chi connectivity index (χ4v) is 2.96. The van der Waals surface area contributed by atoms with Gasteiger partial charge in [0.15, 0.2) is 5.96 Å². The van der Waals surface area contributed by atoms with Crippen LogP contribution >= 0.6 is 0 Å². The number of nitrogens with zero attached hydrogens (tertiary/aromatic N) is 3. The van der Waals surface area contributed by atoms with Crippen LogP contribution in [0.15, 0.2) is 59.9 Å². The van der Waals surface area contributed by atoms with Gasteiger partial charge < -0.3 is 19.8 Å². The zero-order chi connectivity index (χ0) is 19.6. The Kier molecular flexibility index (Phi) is 7.44. The molecule has 6 heteroatoms. The molecule has 6 nitrogen and oxygen atoms in total. The minimum atomic E-state index is 0.594. The van der Waals surface area contributed by atoms with Gasteiger partial charge in [0.2, 0.25) is 0 Å². The number of ether oxygens (including phenoxy) is 1. The maximum absolute atomic E-state index is 5.69. The van der Waals surface area contributed by atoms with Crippen molar-refractivity contribution in [2.24, 2.45) is 4.99 Å². The van der Waals surface area contributed by atoms with E-state index >= 15 is 0 Å². The number of aryl methyl sites for hydroxylation is 1. The summed E-state index contributed by atoms with van der Waals surface area (Å²) in [7, 11) is 0. The van der Waals surface area contributed by atoms with Crippen molar-refractivity contribution in [3.8, 4) is 0 Å². The van der Waals surface area contributed by atoms with Crippen molar-refractivity contribution in [1.29, 1.82) is 0 Å². The molecule has 0 radical (unpaired) electrons. The SMILES string of the molecule is CCNC(=NCCOCc1ccccc1)NCCc1cn2cccc(C)c2n1. The van der Waals surface area contributed by atoms with Gasteiger partial charge in [-0.15, -0.1) is 0 Å². The molecular weight excluding hydrogens is 350 g/mol. The summed E-state index contributed by atoms with van der Waals surface area (Å²) in [5, 5.41) is 6.64. The number of rotatable bonds is 9. The lowest BCUT2D eigenvalue weighted by Gasteiger charge is -2.10. The van der Waals surface area contributed by atoms with Gasteiger partial charge in [-0.05, 0) is 31.0 Å². The molecule has 0 aliphatic heterocycles. The molecule has 2 heterocycles. The molecule has 3 rings (SSSR count). The van der Waals surface area contributed by atoms with Crippen LogP contribution in [0.1, 0.15) is 23.7 Å². The molecule has 1 aromatic carbocycles. The average molecular weight is 380 g/mol. The Morgan fingerprint density at radius 2 is 2.00 bits per heavy atom. The van der Waals surface area contributed by atoms with E-state index in [9.17, 15) is 0 Å². The van der Waals surface area contributed by atoms with Gasteiger partial charge in [-0.1, -0.05) is 36.4 Å². The molecule has 0 aliphatic rings. The van der Waals surface area contributed by atoms with Crippen LogP contribution in [0.4, 0.5) is 0 Å². The maximum atomic E-state index is 5.69. The molecule has 148 valence electrons. The highest BCUT2D eigenvalue weighted by Gasteiger charge is 2.04. The number of aliphatic imine (C=N–C) groups is 1. The maximum Gasteiger partial charge on any atom is 0.191 e. The lowest BCUT2D eigenvalue weighted by Crippen LogP contribution is -2.38. The zero-order valence-corrected chi connectivity index (χ0v) is 16.7. The van der Waals surface area contributed by atoms with E-state index in [-0.39, 0.29) is 0 Å². The summed E-state index contributed by atoms with van der Waals surface area (Å²) in [6.07, 6.45) is 4.97. The molecule has 0 spiro atoms. The highest BCUT2D eigenvalue weighted by atomic mass is 16.5. The second-order valence-corrected chi connectivity index (χ2v) is 6.63. The van der Waals surface area contributed by atoms with Crippen LogP contribution in [-0.4, -0.2) is 41.6 Å². The molecule has 0 amide bonds. The van der Waals surface area contributed by atoms with Gasteiger partial charge in [0, 0.05) is 31.9 Å². The number of nitrogens with one attached hydrogen (secondary N) is 2. The molecule has 28 heavy (non-hydrogen) atoms. The lowest BCUT2D eigenvalue weighted by molar-refractivity contribution is 0.128. The third-order valence-corrected chi connectivity index (χ3v) is 4.36. The third-order valence-electron chi connectivity index (χ3n) is 4.36. The number of hydrogen-bond acceptors (Lipinski definition) is 3. The van der Waals surface area contributed by atoms with E-state index < -0.39 is 0 Å². The fourth-order valence-electron chi connectivity index (χ4n) is 2.96. The van der Waals surface area contributed by atoms with E-state index in [0.717, 1.165) is 36.8 Å². The predicted octanol–water partition coefficient (Wildman–Crippen LogP) is 2.96. The summed E-state index contributed by atoms with van der Waals surface area (Å²) in [5.74, 6) is 0.811.